The fourth-order valence-electron chi connectivity index (χ4n) is 1.75. The normalized spacial score (nSPS) is 12.7. The molecule has 0 aliphatic heterocycles. The Kier molecular flexibility index (Phi) is 6.81. The molecule has 1 aromatic carbocycles. The highest BCUT2D eigenvalue weighted by atomic mass is 79.9. The molecule has 24 heavy (non-hydrogen) atoms. The van der Waals surface area contributed by atoms with Crippen molar-refractivity contribution >= 4 is 71.8 Å². The number of phenolic OH excluding ortho intramolecular Hbond substituents is 2. The second-order valence-electron chi connectivity index (χ2n) is 4.45. The van der Waals surface area contributed by atoms with Crippen LogP contribution in [0.3, 0.4) is 0 Å². The molecule has 0 heterocycles. The molecule has 5 N–H and O–H groups in total. The minimum atomic E-state index is -1.81. The number of benzene rings is 1. The Morgan fingerprint density at radius 3 is 1.83 bits per heavy atom. The molecule has 130 valence electrons. The number of carboxylic acid groups (broad SMARTS) is 3. The van der Waals surface area contributed by atoms with Crippen molar-refractivity contribution in [2.45, 2.75) is 6.42 Å². The number of aromatic hydroxyl groups is 2. The van der Waals surface area contributed by atoms with Crippen LogP contribution in [0.2, 0.25) is 0 Å². The van der Waals surface area contributed by atoms with Crippen molar-refractivity contribution in [3.8, 4) is 11.5 Å². The molecule has 0 aromatic heterocycles. The van der Waals surface area contributed by atoms with E-state index in [1.54, 1.807) is 0 Å². The third-order valence-corrected chi connectivity index (χ3v) is 5.84. The van der Waals surface area contributed by atoms with E-state index < -0.39 is 47.3 Å². The van der Waals surface area contributed by atoms with Crippen molar-refractivity contribution in [3.63, 3.8) is 0 Å². The zero-order valence-electron chi connectivity index (χ0n) is 11.5. The summed E-state index contributed by atoms with van der Waals surface area (Å²) in [6.07, 6.45) is -0.0317. The predicted octanol–water partition coefficient (Wildman–Crippen LogP) is 3.03. The average Bonchev–Trinajstić information content (AvgIpc) is 2.48. The SMILES string of the molecule is O=C(O)CC(C(=O)O)/C(=C/c1c(Br)c(O)c(O)c(Br)c1Br)C(=O)O. The first-order valence-corrected chi connectivity index (χ1v) is 8.34. The van der Waals surface area contributed by atoms with Crippen LogP contribution in [0.5, 0.6) is 11.5 Å². The Balaban J connectivity index is 3.66. The second kappa shape index (κ2) is 7.99. The van der Waals surface area contributed by atoms with E-state index in [1.165, 1.54) is 0 Å². The maximum absolute atomic E-state index is 11.4. The van der Waals surface area contributed by atoms with E-state index in [4.69, 9.17) is 10.2 Å². The molecule has 0 fully saturated rings. The largest absolute Gasteiger partial charge is 0.503 e. The number of hydrogen-bond acceptors (Lipinski definition) is 5. The highest BCUT2D eigenvalue weighted by Gasteiger charge is 2.31. The highest BCUT2D eigenvalue weighted by Crippen LogP contribution is 2.47. The van der Waals surface area contributed by atoms with E-state index >= 15 is 0 Å². The molecule has 0 amide bonds. The Morgan fingerprint density at radius 2 is 1.42 bits per heavy atom. The van der Waals surface area contributed by atoms with Gasteiger partial charge in [-0.05, 0) is 53.9 Å². The van der Waals surface area contributed by atoms with Crippen molar-refractivity contribution in [2.75, 3.05) is 0 Å². The summed E-state index contributed by atoms with van der Waals surface area (Å²) in [5.41, 5.74) is -0.700. The second-order valence-corrected chi connectivity index (χ2v) is 6.83. The zero-order valence-corrected chi connectivity index (χ0v) is 16.2. The maximum Gasteiger partial charge on any atom is 0.332 e. The van der Waals surface area contributed by atoms with Crippen LogP contribution in [0.4, 0.5) is 0 Å². The van der Waals surface area contributed by atoms with Gasteiger partial charge in [0, 0.05) is 10.0 Å². The van der Waals surface area contributed by atoms with Crippen LogP contribution < -0.4 is 0 Å². The van der Waals surface area contributed by atoms with Crippen LogP contribution in [0.15, 0.2) is 19.0 Å². The molecule has 0 saturated heterocycles. The lowest BCUT2D eigenvalue weighted by Gasteiger charge is -2.14. The Morgan fingerprint density at radius 1 is 0.917 bits per heavy atom. The molecule has 0 aliphatic rings. The molecule has 11 heteroatoms. The van der Waals surface area contributed by atoms with Crippen LogP contribution >= 0.6 is 47.8 Å². The zero-order chi connectivity index (χ0) is 18.8. The van der Waals surface area contributed by atoms with Crippen LogP contribution in [-0.4, -0.2) is 43.4 Å². The first-order valence-electron chi connectivity index (χ1n) is 5.96. The van der Waals surface area contributed by atoms with Crippen molar-refractivity contribution < 1.29 is 39.9 Å². The smallest absolute Gasteiger partial charge is 0.332 e. The van der Waals surface area contributed by atoms with Gasteiger partial charge in [-0.3, -0.25) is 9.59 Å². The number of carboxylic acids is 3. The summed E-state index contributed by atoms with van der Waals surface area (Å²) in [6.45, 7) is 0. The summed E-state index contributed by atoms with van der Waals surface area (Å²) in [6, 6.07) is 0. The summed E-state index contributed by atoms with van der Waals surface area (Å²) in [5, 5.41) is 46.7. The number of halogens is 3. The van der Waals surface area contributed by atoms with E-state index in [9.17, 15) is 29.7 Å². The molecule has 1 aromatic rings. The van der Waals surface area contributed by atoms with E-state index in [1.807, 2.05) is 0 Å². The standard InChI is InChI=1S/C13H9Br3O8/c14-7-5(8(15)10(19)11(20)9(7)16)1-3(12(21)22)4(13(23)24)2-6(17)18/h1,4,19-20H,2H2,(H,17,18)(H,21,22)(H,23,24)/b3-1-. The first kappa shape index (κ1) is 20.5. The summed E-state index contributed by atoms with van der Waals surface area (Å²) in [4.78, 5) is 33.4. The fourth-order valence-corrected chi connectivity index (χ4v) is 3.42. The van der Waals surface area contributed by atoms with Gasteiger partial charge in [0.2, 0.25) is 0 Å². The lowest BCUT2D eigenvalue weighted by molar-refractivity contribution is -0.148. The van der Waals surface area contributed by atoms with Gasteiger partial charge in [0.25, 0.3) is 0 Å². The molecule has 0 saturated carbocycles. The first-order chi connectivity index (χ1) is 11.0. The van der Waals surface area contributed by atoms with Gasteiger partial charge in [0.05, 0.1) is 26.9 Å². The van der Waals surface area contributed by atoms with Gasteiger partial charge >= 0.3 is 17.9 Å². The van der Waals surface area contributed by atoms with Crippen LogP contribution in [0.25, 0.3) is 6.08 Å². The van der Waals surface area contributed by atoms with E-state index in [0.29, 0.717) is 0 Å². The maximum atomic E-state index is 11.4. The van der Waals surface area contributed by atoms with E-state index in [0.717, 1.165) is 6.08 Å². The lowest BCUT2D eigenvalue weighted by Crippen LogP contribution is -2.24. The summed E-state index contributed by atoms with van der Waals surface area (Å²) >= 11 is 9.03. The summed E-state index contributed by atoms with van der Waals surface area (Å²) < 4.78 is 0.0282. The molecule has 1 unspecified atom stereocenters. The summed E-state index contributed by atoms with van der Waals surface area (Å²) in [7, 11) is 0. The van der Waals surface area contributed by atoms with Crippen molar-refractivity contribution in [1.29, 1.82) is 0 Å². The van der Waals surface area contributed by atoms with Crippen LogP contribution in [-0.2, 0) is 14.4 Å². The van der Waals surface area contributed by atoms with Gasteiger partial charge in [0.15, 0.2) is 11.5 Å². The highest BCUT2D eigenvalue weighted by molar-refractivity contribution is 9.13. The van der Waals surface area contributed by atoms with Crippen LogP contribution in [0.1, 0.15) is 12.0 Å². The average molecular weight is 533 g/mol. The molecular weight excluding hydrogens is 524 g/mol. The van der Waals surface area contributed by atoms with Crippen molar-refractivity contribution in [1.82, 2.24) is 0 Å². The monoisotopic (exact) mass is 530 g/mol. The molecule has 0 spiro atoms. The topological polar surface area (TPSA) is 152 Å². The number of rotatable bonds is 6. The Hall–Kier alpha value is -1.59. The van der Waals surface area contributed by atoms with Gasteiger partial charge in [0.1, 0.15) is 0 Å². The van der Waals surface area contributed by atoms with Gasteiger partial charge in [-0.25, -0.2) is 4.79 Å². The van der Waals surface area contributed by atoms with Crippen molar-refractivity contribution in [3.05, 3.63) is 24.6 Å². The number of hydrogen-bond donors (Lipinski definition) is 5. The molecule has 0 radical (unpaired) electrons. The van der Waals surface area contributed by atoms with Gasteiger partial charge in [-0.2, -0.15) is 0 Å². The van der Waals surface area contributed by atoms with E-state index in [2.05, 4.69) is 47.8 Å². The molecule has 0 aliphatic carbocycles. The van der Waals surface area contributed by atoms with Gasteiger partial charge < -0.3 is 25.5 Å². The quantitative estimate of drug-likeness (QED) is 0.213. The number of aliphatic carboxylic acids is 3. The Bertz CT molecular complexity index is 727. The third-order valence-electron chi connectivity index (χ3n) is 2.90. The minimum absolute atomic E-state index is 0.00398. The van der Waals surface area contributed by atoms with Gasteiger partial charge in [-0.1, -0.05) is 0 Å². The number of phenols is 2. The molecule has 8 nitrogen and oxygen atoms in total. The van der Waals surface area contributed by atoms with Crippen molar-refractivity contribution in [2.24, 2.45) is 5.92 Å². The molecule has 0 bridgehead atoms. The number of carbonyl (C=O) groups is 3. The fraction of sp³-hybridized carbons (Fsp3) is 0.154. The van der Waals surface area contributed by atoms with Crippen LogP contribution in [0, 0.1) is 5.92 Å². The van der Waals surface area contributed by atoms with E-state index in [-0.39, 0.29) is 19.0 Å². The lowest BCUT2D eigenvalue weighted by atomic mass is 9.93. The third kappa shape index (κ3) is 4.28. The minimum Gasteiger partial charge on any atom is -0.503 e. The molecule has 1 atom stereocenters. The molecular formula is C13H9Br3O8. The predicted molar refractivity (Wildman–Crippen MR) is 91.9 cm³/mol. The molecule has 1 rings (SSSR count). The Labute approximate surface area is 159 Å². The van der Waals surface area contributed by atoms with Gasteiger partial charge in [-0.15, -0.1) is 0 Å². The summed E-state index contributed by atoms with van der Waals surface area (Å²) in [5.74, 6) is -7.68.